The number of hydrogen-bond acceptors (Lipinski definition) is 5. The summed E-state index contributed by atoms with van der Waals surface area (Å²) in [6, 6.07) is 0. The van der Waals surface area contributed by atoms with Crippen molar-refractivity contribution in [3.05, 3.63) is 11.6 Å². The van der Waals surface area contributed by atoms with E-state index < -0.39 is 0 Å². The highest BCUT2D eigenvalue weighted by Crippen LogP contribution is 2.09. The molecule has 0 aliphatic rings. The van der Waals surface area contributed by atoms with Crippen molar-refractivity contribution >= 4 is 22.4 Å². The van der Waals surface area contributed by atoms with Gasteiger partial charge >= 0.3 is 0 Å². The van der Waals surface area contributed by atoms with Crippen LogP contribution in [0.1, 0.15) is 6.42 Å². The van der Waals surface area contributed by atoms with E-state index in [1.54, 1.807) is 6.20 Å². The Balaban J connectivity index is 2.18. The van der Waals surface area contributed by atoms with Crippen molar-refractivity contribution < 1.29 is 4.79 Å². The van der Waals surface area contributed by atoms with Gasteiger partial charge in [-0.2, -0.15) is 0 Å². The van der Waals surface area contributed by atoms with E-state index in [1.165, 1.54) is 11.3 Å². The molecule has 0 aliphatic carbocycles. The van der Waals surface area contributed by atoms with Crippen LogP contribution in [0.2, 0.25) is 0 Å². The molecule has 1 heterocycles. The Bertz CT molecular complexity index is 302. The number of anilines is 1. The molecule has 1 rings (SSSR count). The fourth-order valence-corrected chi connectivity index (χ4v) is 1.84. The second kappa shape index (κ2) is 7.32. The predicted molar refractivity (Wildman–Crippen MR) is 66.8 cm³/mol. The number of thiazole rings is 1. The van der Waals surface area contributed by atoms with E-state index in [9.17, 15) is 4.79 Å². The maximum absolute atomic E-state index is 11.6. The molecule has 1 aromatic rings. The first kappa shape index (κ1) is 13.1. The van der Waals surface area contributed by atoms with Crippen molar-refractivity contribution in [3.63, 3.8) is 0 Å². The Morgan fingerprint density at radius 1 is 1.62 bits per heavy atom. The van der Waals surface area contributed by atoms with Crippen LogP contribution in [0.5, 0.6) is 0 Å². The minimum Gasteiger partial charge on any atom is -0.320 e. The third-order valence-corrected chi connectivity index (χ3v) is 2.75. The molecule has 0 radical (unpaired) electrons. The highest BCUT2D eigenvalue weighted by Gasteiger charge is 2.07. The minimum atomic E-state index is -0.0121. The SMILES string of the molecule is CNCCCN(C)CC(=O)Nc1nccs1. The maximum Gasteiger partial charge on any atom is 0.240 e. The van der Waals surface area contributed by atoms with Gasteiger partial charge in [0.2, 0.25) is 5.91 Å². The number of amides is 1. The first-order chi connectivity index (χ1) is 7.72. The lowest BCUT2D eigenvalue weighted by molar-refractivity contribution is -0.117. The molecule has 2 N–H and O–H groups in total. The number of nitrogens with one attached hydrogen (secondary N) is 2. The summed E-state index contributed by atoms with van der Waals surface area (Å²) in [7, 11) is 3.87. The van der Waals surface area contributed by atoms with Gasteiger partial charge in [0.1, 0.15) is 0 Å². The topological polar surface area (TPSA) is 57.3 Å². The van der Waals surface area contributed by atoms with Crippen LogP contribution in [0.15, 0.2) is 11.6 Å². The lowest BCUT2D eigenvalue weighted by atomic mass is 10.4. The third-order valence-electron chi connectivity index (χ3n) is 2.06. The van der Waals surface area contributed by atoms with Gasteiger partial charge in [-0.1, -0.05) is 0 Å². The molecule has 1 aromatic heterocycles. The van der Waals surface area contributed by atoms with Crippen molar-refractivity contribution in [2.45, 2.75) is 6.42 Å². The summed E-state index contributed by atoms with van der Waals surface area (Å²) in [5.74, 6) is -0.0121. The van der Waals surface area contributed by atoms with E-state index in [-0.39, 0.29) is 5.91 Å². The van der Waals surface area contributed by atoms with Crippen LogP contribution in [0.25, 0.3) is 0 Å². The molecular weight excluding hydrogens is 224 g/mol. The largest absolute Gasteiger partial charge is 0.320 e. The molecule has 90 valence electrons. The molecule has 16 heavy (non-hydrogen) atoms. The van der Waals surface area contributed by atoms with Gasteiger partial charge in [0.05, 0.1) is 6.54 Å². The number of aromatic nitrogens is 1. The lowest BCUT2D eigenvalue weighted by Gasteiger charge is -2.15. The molecule has 0 atom stereocenters. The molecule has 5 nitrogen and oxygen atoms in total. The summed E-state index contributed by atoms with van der Waals surface area (Å²) >= 11 is 1.43. The van der Waals surface area contributed by atoms with E-state index in [4.69, 9.17) is 0 Å². The van der Waals surface area contributed by atoms with Crippen molar-refractivity contribution in [2.24, 2.45) is 0 Å². The molecule has 0 saturated heterocycles. The summed E-state index contributed by atoms with van der Waals surface area (Å²) < 4.78 is 0. The monoisotopic (exact) mass is 242 g/mol. The molecule has 0 bridgehead atoms. The van der Waals surface area contributed by atoms with E-state index in [0.29, 0.717) is 11.7 Å². The van der Waals surface area contributed by atoms with Crippen LogP contribution in [0.3, 0.4) is 0 Å². The molecule has 0 fully saturated rings. The Kier molecular flexibility index (Phi) is 5.99. The number of nitrogens with zero attached hydrogens (tertiary/aromatic N) is 2. The molecular formula is C10H18N4OS. The Hall–Kier alpha value is -0.980. The van der Waals surface area contributed by atoms with Gasteiger partial charge in [0, 0.05) is 11.6 Å². The normalized spacial score (nSPS) is 10.7. The van der Waals surface area contributed by atoms with Gasteiger partial charge in [-0.3, -0.25) is 9.69 Å². The second-order valence-corrected chi connectivity index (χ2v) is 4.47. The summed E-state index contributed by atoms with van der Waals surface area (Å²) in [5.41, 5.74) is 0. The zero-order valence-electron chi connectivity index (χ0n) is 9.69. The molecule has 1 amide bonds. The maximum atomic E-state index is 11.6. The quantitative estimate of drug-likeness (QED) is 0.688. The van der Waals surface area contributed by atoms with Crippen LogP contribution in [0.4, 0.5) is 5.13 Å². The van der Waals surface area contributed by atoms with Crippen LogP contribution in [-0.2, 0) is 4.79 Å². The Morgan fingerprint density at radius 3 is 3.06 bits per heavy atom. The fourth-order valence-electron chi connectivity index (χ4n) is 1.29. The third kappa shape index (κ3) is 5.20. The van der Waals surface area contributed by atoms with Gasteiger partial charge in [0.15, 0.2) is 5.13 Å². The standard InChI is InChI=1S/C10H18N4OS/c1-11-4-3-6-14(2)8-9(15)13-10-12-5-7-16-10/h5,7,11H,3-4,6,8H2,1-2H3,(H,12,13,15). The van der Waals surface area contributed by atoms with Gasteiger partial charge in [0.25, 0.3) is 0 Å². The smallest absolute Gasteiger partial charge is 0.240 e. The van der Waals surface area contributed by atoms with Gasteiger partial charge in [-0.25, -0.2) is 4.98 Å². The highest BCUT2D eigenvalue weighted by molar-refractivity contribution is 7.13. The Labute approximate surface area is 99.9 Å². The van der Waals surface area contributed by atoms with E-state index in [1.807, 2.05) is 24.4 Å². The van der Waals surface area contributed by atoms with Crippen LogP contribution >= 0.6 is 11.3 Å². The zero-order valence-corrected chi connectivity index (χ0v) is 10.5. The number of rotatable bonds is 7. The van der Waals surface area contributed by atoms with E-state index in [0.717, 1.165) is 19.5 Å². The molecule has 0 unspecified atom stereocenters. The van der Waals surface area contributed by atoms with Gasteiger partial charge in [-0.15, -0.1) is 11.3 Å². The molecule has 0 spiro atoms. The van der Waals surface area contributed by atoms with Gasteiger partial charge in [-0.05, 0) is 33.6 Å². The van der Waals surface area contributed by atoms with E-state index >= 15 is 0 Å². The number of hydrogen-bond donors (Lipinski definition) is 2. The summed E-state index contributed by atoms with van der Waals surface area (Å²) in [6.45, 7) is 2.29. The second-order valence-electron chi connectivity index (χ2n) is 3.58. The zero-order chi connectivity index (χ0) is 11.8. The number of carbonyl (C=O) groups is 1. The fraction of sp³-hybridized carbons (Fsp3) is 0.600. The summed E-state index contributed by atoms with van der Waals surface area (Å²) in [6.07, 6.45) is 2.72. The first-order valence-electron chi connectivity index (χ1n) is 5.25. The first-order valence-corrected chi connectivity index (χ1v) is 6.13. The van der Waals surface area contributed by atoms with E-state index in [2.05, 4.69) is 15.6 Å². The van der Waals surface area contributed by atoms with Crippen molar-refractivity contribution in [1.82, 2.24) is 15.2 Å². The van der Waals surface area contributed by atoms with Crippen LogP contribution in [0, 0.1) is 0 Å². The van der Waals surface area contributed by atoms with Crippen molar-refractivity contribution in [1.29, 1.82) is 0 Å². The summed E-state index contributed by atoms with van der Waals surface area (Å²) in [4.78, 5) is 17.5. The molecule has 0 aromatic carbocycles. The lowest BCUT2D eigenvalue weighted by Crippen LogP contribution is -2.31. The predicted octanol–water partition coefficient (Wildman–Crippen LogP) is 0.623. The average molecular weight is 242 g/mol. The van der Waals surface area contributed by atoms with Crippen molar-refractivity contribution in [2.75, 3.05) is 39.0 Å². The number of likely N-dealkylation sites (N-methyl/N-ethyl adjacent to an activating group) is 1. The molecule has 0 aliphatic heterocycles. The Morgan fingerprint density at radius 2 is 2.44 bits per heavy atom. The summed E-state index contributed by atoms with van der Waals surface area (Å²) in [5, 5.41) is 8.33. The average Bonchev–Trinajstić information content (AvgIpc) is 2.70. The minimum absolute atomic E-state index is 0.0121. The van der Waals surface area contributed by atoms with Crippen molar-refractivity contribution in [3.8, 4) is 0 Å². The molecule has 0 saturated carbocycles. The van der Waals surface area contributed by atoms with Crippen LogP contribution < -0.4 is 10.6 Å². The highest BCUT2D eigenvalue weighted by atomic mass is 32.1. The number of carbonyl (C=O) groups excluding carboxylic acids is 1. The van der Waals surface area contributed by atoms with Crippen LogP contribution in [-0.4, -0.2) is 49.5 Å². The van der Waals surface area contributed by atoms with Gasteiger partial charge < -0.3 is 10.6 Å². The molecule has 6 heteroatoms.